The Morgan fingerprint density at radius 1 is 1.14 bits per heavy atom. The van der Waals surface area contributed by atoms with Gasteiger partial charge < -0.3 is 15.0 Å². The molecule has 8 heteroatoms. The number of hydrogen-bond acceptors (Lipinski definition) is 6. The molecule has 1 amide bonds. The van der Waals surface area contributed by atoms with Gasteiger partial charge >= 0.3 is 5.97 Å². The zero-order valence-corrected chi connectivity index (χ0v) is 20.9. The first-order valence-electron chi connectivity index (χ1n) is 11.8. The minimum atomic E-state index is -0.508. The predicted octanol–water partition coefficient (Wildman–Crippen LogP) is 5.53. The van der Waals surface area contributed by atoms with Crippen LogP contribution in [-0.2, 0) is 14.3 Å². The number of halogens is 1. The van der Waals surface area contributed by atoms with E-state index in [4.69, 9.17) is 21.3 Å². The zero-order valence-electron chi connectivity index (χ0n) is 19.4. The second-order valence-corrected chi connectivity index (χ2v) is 9.99. The number of amides is 1. The molecule has 0 radical (unpaired) electrons. The highest BCUT2D eigenvalue weighted by molar-refractivity contribution is 8.16. The summed E-state index contributed by atoms with van der Waals surface area (Å²) in [6.45, 7) is 2.75. The van der Waals surface area contributed by atoms with Gasteiger partial charge in [-0.25, -0.2) is 9.79 Å². The molecule has 0 saturated heterocycles. The van der Waals surface area contributed by atoms with E-state index < -0.39 is 12.0 Å². The molecule has 2 heterocycles. The molecular formula is C27H26ClN3O3S. The summed E-state index contributed by atoms with van der Waals surface area (Å²) in [4.78, 5) is 33.1. The first-order chi connectivity index (χ1) is 17.0. The minimum absolute atomic E-state index is 0.0321. The van der Waals surface area contributed by atoms with E-state index in [9.17, 15) is 9.59 Å². The number of fused-ring (bicyclic) bond motifs is 1. The van der Waals surface area contributed by atoms with Crippen molar-refractivity contribution < 1.29 is 14.3 Å². The topological polar surface area (TPSA) is 71.0 Å². The van der Waals surface area contributed by atoms with E-state index in [1.165, 1.54) is 24.6 Å². The van der Waals surface area contributed by atoms with Gasteiger partial charge in [0.2, 0.25) is 5.91 Å². The number of carbonyl (C=O) groups excluding carboxylic acids is 2. The summed E-state index contributed by atoms with van der Waals surface area (Å²) in [5, 5.41) is 6.32. The van der Waals surface area contributed by atoms with Crippen LogP contribution < -0.4 is 5.32 Å². The van der Waals surface area contributed by atoms with E-state index >= 15 is 0 Å². The lowest BCUT2D eigenvalue weighted by atomic mass is 9.91. The molecule has 1 fully saturated rings. The first kappa shape index (κ1) is 23.7. The van der Waals surface area contributed by atoms with Gasteiger partial charge in [0.05, 0.1) is 30.3 Å². The molecule has 0 unspecified atom stereocenters. The second-order valence-electron chi connectivity index (χ2n) is 8.72. The normalized spacial score (nSPS) is 19.1. The number of hydrogen-bond donors (Lipinski definition) is 1. The third kappa shape index (κ3) is 5.16. The van der Waals surface area contributed by atoms with Gasteiger partial charge in [-0.15, -0.1) is 0 Å². The molecule has 3 aliphatic rings. The number of ether oxygens (including phenoxy) is 1. The highest BCUT2D eigenvalue weighted by atomic mass is 35.5. The van der Waals surface area contributed by atoms with Crippen molar-refractivity contribution in [2.45, 2.75) is 32.2 Å². The van der Waals surface area contributed by atoms with E-state index in [2.05, 4.69) is 5.32 Å². The molecule has 2 aromatic rings. The maximum atomic E-state index is 13.4. The molecule has 180 valence electrons. The molecule has 2 aromatic carbocycles. The molecule has 6 nitrogen and oxygen atoms in total. The van der Waals surface area contributed by atoms with Crippen LogP contribution in [0.15, 0.2) is 76.3 Å². The Morgan fingerprint density at radius 3 is 2.57 bits per heavy atom. The van der Waals surface area contributed by atoms with Gasteiger partial charge in [-0.2, -0.15) is 0 Å². The molecule has 0 spiro atoms. The van der Waals surface area contributed by atoms with Crippen LogP contribution >= 0.6 is 23.4 Å². The van der Waals surface area contributed by atoms with Crippen molar-refractivity contribution in [2.24, 2.45) is 10.9 Å². The summed E-state index contributed by atoms with van der Waals surface area (Å²) in [5.41, 5.74) is 3.52. The number of nitrogens with one attached hydrogen (secondary N) is 1. The van der Waals surface area contributed by atoms with E-state index in [0.717, 1.165) is 22.0 Å². The molecule has 1 saturated carbocycles. The Bertz CT molecular complexity index is 1220. The van der Waals surface area contributed by atoms with Crippen LogP contribution in [0.3, 0.4) is 0 Å². The Kier molecular flexibility index (Phi) is 6.97. The number of esters is 1. The van der Waals surface area contributed by atoms with E-state index in [-0.39, 0.29) is 18.9 Å². The number of amidine groups is 1. The van der Waals surface area contributed by atoms with Crippen molar-refractivity contribution in [3.8, 4) is 0 Å². The lowest BCUT2D eigenvalue weighted by molar-refractivity contribution is -0.139. The maximum Gasteiger partial charge on any atom is 0.338 e. The lowest BCUT2D eigenvalue weighted by Crippen LogP contribution is -2.38. The number of carbonyl (C=O) groups is 2. The van der Waals surface area contributed by atoms with Gasteiger partial charge in [-0.3, -0.25) is 4.79 Å². The summed E-state index contributed by atoms with van der Waals surface area (Å²) in [7, 11) is 0. The van der Waals surface area contributed by atoms with Crippen molar-refractivity contribution in [1.82, 2.24) is 10.2 Å². The van der Waals surface area contributed by atoms with Gasteiger partial charge in [0.15, 0.2) is 5.17 Å². The smallest absolute Gasteiger partial charge is 0.338 e. The largest absolute Gasteiger partial charge is 0.463 e. The van der Waals surface area contributed by atoms with Crippen molar-refractivity contribution in [1.29, 1.82) is 0 Å². The second kappa shape index (κ2) is 10.3. The third-order valence-corrected chi connectivity index (χ3v) is 7.31. The number of nitrogens with zero attached hydrogens (tertiary/aromatic N) is 2. The van der Waals surface area contributed by atoms with Gasteiger partial charge in [-0.1, -0.05) is 65.8 Å². The predicted molar refractivity (Wildman–Crippen MR) is 139 cm³/mol. The molecule has 35 heavy (non-hydrogen) atoms. The maximum absolute atomic E-state index is 13.4. The number of thioether (sulfide) groups is 1. The van der Waals surface area contributed by atoms with Crippen molar-refractivity contribution in [3.63, 3.8) is 0 Å². The van der Waals surface area contributed by atoms with Crippen LogP contribution in [0, 0.1) is 5.92 Å². The molecule has 1 N–H and O–H groups in total. The fraction of sp³-hybridized carbons (Fsp3) is 0.296. The van der Waals surface area contributed by atoms with Crippen LogP contribution in [0.4, 0.5) is 0 Å². The molecule has 0 bridgehead atoms. The van der Waals surface area contributed by atoms with Crippen LogP contribution in [0.1, 0.15) is 43.4 Å². The van der Waals surface area contributed by atoms with Crippen LogP contribution in [0.5, 0.6) is 0 Å². The molecule has 1 aliphatic carbocycles. The first-order valence-corrected chi connectivity index (χ1v) is 13.0. The lowest BCUT2D eigenvalue weighted by Gasteiger charge is -2.36. The SMILES string of the molecule is CCOC(=O)C1=C(c2ccccc2)N=C2SC=C(CC(=O)NCC3CC3)N2[C@@H]1c1ccc(Cl)cc1. The van der Waals surface area contributed by atoms with Crippen LogP contribution in [0.2, 0.25) is 5.02 Å². The fourth-order valence-corrected chi connectivity index (χ4v) is 5.30. The highest BCUT2D eigenvalue weighted by Gasteiger charge is 2.42. The monoisotopic (exact) mass is 507 g/mol. The molecular weight excluding hydrogens is 482 g/mol. The molecule has 1 atom stereocenters. The Balaban J connectivity index is 1.58. The minimum Gasteiger partial charge on any atom is -0.463 e. The Labute approximate surface area is 214 Å². The average molecular weight is 508 g/mol. The van der Waals surface area contributed by atoms with E-state index in [1.54, 1.807) is 6.92 Å². The van der Waals surface area contributed by atoms with Gasteiger partial charge in [0.25, 0.3) is 0 Å². The number of rotatable bonds is 8. The van der Waals surface area contributed by atoms with Crippen LogP contribution in [-0.4, -0.2) is 35.1 Å². The van der Waals surface area contributed by atoms with Crippen molar-refractivity contribution in [3.05, 3.63) is 87.4 Å². The van der Waals surface area contributed by atoms with E-state index in [0.29, 0.717) is 28.8 Å². The average Bonchev–Trinajstić information content (AvgIpc) is 3.62. The summed E-state index contributed by atoms with van der Waals surface area (Å²) in [5.74, 6) is 0.144. The molecule has 5 rings (SSSR count). The summed E-state index contributed by atoms with van der Waals surface area (Å²) in [6.07, 6.45) is 2.56. The summed E-state index contributed by atoms with van der Waals surface area (Å²) >= 11 is 7.65. The Morgan fingerprint density at radius 2 is 1.89 bits per heavy atom. The van der Waals surface area contributed by atoms with Gasteiger partial charge in [0.1, 0.15) is 0 Å². The standard InChI is InChI=1S/C27H26ClN3O3S/c1-2-34-26(33)23-24(18-6-4-3-5-7-18)30-27-31(25(23)19-10-12-20(28)13-11-19)21(16-35-27)14-22(32)29-15-17-8-9-17/h3-7,10-13,16-17,25H,2,8-9,14-15H2,1H3,(H,29,32)/t25-/m1/s1. The fourth-order valence-electron chi connectivity index (χ4n) is 4.26. The molecule has 0 aromatic heterocycles. The third-order valence-electron chi connectivity index (χ3n) is 6.16. The van der Waals surface area contributed by atoms with Gasteiger partial charge in [-0.05, 0) is 48.8 Å². The highest BCUT2D eigenvalue weighted by Crippen LogP contribution is 2.47. The number of aliphatic imine (C=N–C) groups is 1. The van der Waals surface area contributed by atoms with Crippen molar-refractivity contribution in [2.75, 3.05) is 13.2 Å². The van der Waals surface area contributed by atoms with Crippen LogP contribution in [0.25, 0.3) is 5.70 Å². The van der Waals surface area contributed by atoms with E-state index in [1.807, 2.05) is 64.9 Å². The summed E-state index contributed by atoms with van der Waals surface area (Å²) in [6, 6.07) is 16.6. The molecule has 2 aliphatic heterocycles. The van der Waals surface area contributed by atoms with Crippen molar-refractivity contribution >= 4 is 46.1 Å². The summed E-state index contributed by atoms with van der Waals surface area (Å²) < 4.78 is 5.52. The Hall–Kier alpha value is -3.03. The number of benzene rings is 2. The zero-order chi connectivity index (χ0) is 24.4. The quantitative estimate of drug-likeness (QED) is 0.475. The van der Waals surface area contributed by atoms with Gasteiger partial charge in [0, 0.05) is 22.8 Å².